The lowest BCUT2D eigenvalue weighted by Crippen LogP contribution is -2.38. The van der Waals surface area contributed by atoms with Crippen LogP contribution in [0, 0.1) is 0 Å². The molecule has 2 aliphatic rings. The molecule has 218 valence electrons. The molecule has 40 heavy (non-hydrogen) atoms. The van der Waals surface area contributed by atoms with Gasteiger partial charge < -0.3 is 25.6 Å². The average molecular weight is 572 g/mol. The summed E-state index contributed by atoms with van der Waals surface area (Å²) in [5.74, 6) is 0.731. The molecule has 8 nitrogen and oxygen atoms in total. The molecule has 0 bridgehead atoms. The third-order valence-electron chi connectivity index (χ3n) is 5.93. The van der Waals surface area contributed by atoms with Gasteiger partial charge in [-0.3, -0.25) is 0 Å². The Bertz CT molecular complexity index is 1090. The third kappa shape index (κ3) is 13.3. The number of allylic oxidation sites excluding steroid dienone is 9. The molecule has 1 aromatic rings. The summed E-state index contributed by atoms with van der Waals surface area (Å²) in [6.07, 6.45) is 21.7. The number of nitrogens with one attached hydrogen (secondary N) is 2. The highest BCUT2D eigenvalue weighted by Gasteiger charge is 2.15. The van der Waals surface area contributed by atoms with Crippen molar-refractivity contribution in [3.05, 3.63) is 83.7 Å². The summed E-state index contributed by atoms with van der Waals surface area (Å²) in [5.41, 5.74) is 3.01. The van der Waals surface area contributed by atoms with Gasteiger partial charge in [-0.2, -0.15) is 0 Å². The van der Waals surface area contributed by atoms with Crippen LogP contribution in [0.1, 0.15) is 45.6 Å². The smallest absolute Gasteiger partial charge is 0.134 e. The minimum absolute atomic E-state index is 0.0264. The molecular weight excluding hydrogens is 529 g/mol. The van der Waals surface area contributed by atoms with Gasteiger partial charge in [-0.1, -0.05) is 42.9 Å². The summed E-state index contributed by atoms with van der Waals surface area (Å²) in [4.78, 5) is 8.63. The number of nitrogens with zero attached hydrogens (tertiary/aromatic N) is 3. The van der Waals surface area contributed by atoms with Crippen molar-refractivity contribution in [3.8, 4) is 0 Å². The van der Waals surface area contributed by atoms with Gasteiger partial charge in [-0.15, -0.1) is 0 Å². The fourth-order valence-electron chi connectivity index (χ4n) is 3.67. The molecule has 1 aliphatic carbocycles. The minimum Gasteiger partial charge on any atom is -0.498 e. The number of hydrogen-bond acceptors (Lipinski definition) is 9. The maximum atomic E-state index is 12.4. The molecule has 0 aromatic carbocycles. The Morgan fingerprint density at radius 3 is 2.90 bits per heavy atom. The number of fused-ring (bicyclic) bond motifs is 1. The molecule has 2 heterocycles. The number of hydrogen-bond donors (Lipinski definition) is 4. The molecule has 0 saturated heterocycles. The van der Waals surface area contributed by atoms with E-state index in [1.807, 2.05) is 38.3 Å². The van der Waals surface area contributed by atoms with Gasteiger partial charge in [-0.25, -0.2) is 18.8 Å². The zero-order valence-corrected chi connectivity index (χ0v) is 24.4. The monoisotopic (exact) mass is 571 g/mol. The van der Waals surface area contributed by atoms with Crippen LogP contribution in [-0.2, 0) is 11.2 Å². The quantitative estimate of drug-likeness (QED) is 0.101. The van der Waals surface area contributed by atoms with Crippen LogP contribution in [0.25, 0.3) is 0 Å². The SMILES string of the molecule is CC1=CCC=C(F)C=C1.C\C=C/C(=C\C=C\OCC(O)CNC(CC)CCNc1ncnc2c1CC=NS2)CO. The molecule has 0 radical (unpaired) electrons. The van der Waals surface area contributed by atoms with Crippen molar-refractivity contribution in [2.45, 2.75) is 63.6 Å². The van der Waals surface area contributed by atoms with E-state index in [2.05, 4.69) is 31.9 Å². The first-order chi connectivity index (χ1) is 19.5. The van der Waals surface area contributed by atoms with Gasteiger partial charge >= 0.3 is 0 Å². The molecule has 2 unspecified atom stereocenters. The van der Waals surface area contributed by atoms with Crippen LogP contribution in [-0.4, -0.2) is 64.8 Å². The molecule has 3 rings (SSSR count). The van der Waals surface area contributed by atoms with Gasteiger partial charge in [0.05, 0.1) is 12.9 Å². The van der Waals surface area contributed by atoms with E-state index in [0.29, 0.717) is 13.0 Å². The fourth-order valence-corrected chi connectivity index (χ4v) is 4.30. The maximum Gasteiger partial charge on any atom is 0.134 e. The second-order valence-electron chi connectivity index (χ2n) is 9.14. The number of rotatable bonds is 14. The Morgan fingerprint density at radius 1 is 1.27 bits per heavy atom. The van der Waals surface area contributed by atoms with Gasteiger partial charge in [0.15, 0.2) is 0 Å². The first-order valence-corrected chi connectivity index (χ1v) is 14.3. The second-order valence-corrected chi connectivity index (χ2v) is 9.92. The summed E-state index contributed by atoms with van der Waals surface area (Å²) < 4.78 is 21.9. The minimum atomic E-state index is -0.603. The molecule has 1 aromatic heterocycles. The molecule has 10 heteroatoms. The van der Waals surface area contributed by atoms with E-state index in [1.54, 1.807) is 30.6 Å². The summed E-state index contributed by atoms with van der Waals surface area (Å²) >= 11 is 1.38. The van der Waals surface area contributed by atoms with E-state index >= 15 is 0 Å². The van der Waals surface area contributed by atoms with Gasteiger partial charge in [0.25, 0.3) is 0 Å². The second kappa shape index (κ2) is 19.9. The fraction of sp³-hybridized carbons (Fsp3) is 0.433. The highest BCUT2D eigenvalue weighted by Crippen LogP contribution is 2.28. The predicted molar refractivity (Wildman–Crippen MR) is 163 cm³/mol. The molecule has 0 spiro atoms. The Labute approximate surface area is 241 Å². The van der Waals surface area contributed by atoms with Crippen molar-refractivity contribution in [2.24, 2.45) is 4.40 Å². The lowest BCUT2D eigenvalue weighted by Gasteiger charge is -2.20. The first-order valence-electron chi connectivity index (χ1n) is 13.6. The number of anilines is 1. The first kappa shape index (κ1) is 33.2. The zero-order chi connectivity index (χ0) is 29.0. The van der Waals surface area contributed by atoms with Crippen LogP contribution in [0.2, 0.25) is 0 Å². The van der Waals surface area contributed by atoms with E-state index in [4.69, 9.17) is 9.84 Å². The number of halogens is 1. The van der Waals surface area contributed by atoms with E-state index in [-0.39, 0.29) is 25.1 Å². The Morgan fingerprint density at radius 2 is 2.12 bits per heavy atom. The Balaban J connectivity index is 0.000000526. The van der Waals surface area contributed by atoms with Crippen molar-refractivity contribution in [1.29, 1.82) is 0 Å². The van der Waals surface area contributed by atoms with E-state index in [9.17, 15) is 9.50 Å². The molecule has 2 atom stereocenters. The zero-order valence-electron chi connectivity index (χ0n) is 23.6. The number of aliphatic hydroxyl groups excluding tert-OH is 2. The van der Waals surface area contributed by atoms with Crippen LogP contribution in [0.15, 0.2) is 87.6 Å². The van der Waals surface area contributed by atoms with Crippen molar-refractivity contribution in [2.75, 3.05) is 31.6 Å². The summed E-state index contributed by atoms with van der Waals surface area (Å²) in [5, 5.41) is 27.0. The number of aromatic nitrogens is 2. The van der Waals surface area contributed by atoms with Crippen LogP contribution < -0.4 is 10.6 Å². The van der Waals surface area contributed by atoms with Crippen LogP contribution in [0.5, 0.6) is 0 Å². The largest absolute Gasteiger partial charge is 0.498 e. The van der Waals surface area contributed by atoms with Crippen LogP contribution in [0.3, 0.4) is 0 Å². The highest BCUT2D eigenvalue weighted by molar-refractivity contribution is 7.98. The van der Waals surface area contributed by atoms with Gasteiger partial charge in [0.1, 0.15) is 35.7 Å². The predicted octanol–water partition coefficient (Wildman–Crippen LogP) is 5.41. The van der Waals surface area contributed by atoms with Gasteiger partial charge in [-0.05, 0) is 56.9 Å². The summed E-state index contributed by atoms with van der Waals surface area (Å²) in [7, 11) is 0. The van der Waals surface area contributed by atoms with Gasteiger partial charge in [0, 0.05) is 49.3 Å². The molecule has 0 amide bonds. The number of ether oxygens (including phenoxy) is 1. The van der Waals surface area contributed by atoms with Crippen LogP contribution in [0.4, 0.5) is 10.2 Å². The Kier molecular flexibility index (Phi) is 16.5. The topological polar surface area (TPSA) is 112 Å². The third-order valence-corrected chi connectivity index (χ3v) is 6.71. The van der Waals surface area contributed by atoms with E-state index in [1.165, 1.54) is 24.3 Å². The van der Waals surface area contributed by atoms with E-state index < -0.39 is 6.10 Å². The Hall–Kier alpha value is -3.05. The lowest BCUT2D eigenvalue weighted by molar-refractivity contribution is 0.0811. The lowest BCUT2D eigenvalue weighted by atomic mass is 10.1. The average Bonchev–Trinajstić information content (AvgIpc) is 3.16. The molecular formula is C30H42FN5O3S. The number of aliphatic hydroxyl groups is 2. The molecule has 0 fully saturated rings. The van der Waals surface area contributed by atoms with Crippen molar-refractivity contribution in [1.82, 2.24) is 15.3 Å². The van der Waals surface area contributed by atoms with Crippen molar-refractivity contribution in [3.63, 3.8) is 0 Å². The maximum absolute atomic E-state index is 12.4. The molecule has 4 N–H and O–H groups in total. The van der Waals surface area contributed by atoms with Crippen molar-refractivity contribution >= 4 is 24.0 Å². The summed E-state index contributed by atoms with van der Waals surface area (Å²) in [6.45, 7) is 7.39. The van der Waals surface area contributed by atoms with Crippen LogP contribution >= 0.6 is 11.9 Å². The van der Waals surface area contributed by atoms with Gasteiger partial charge in [0.2, 0.25) is 0 Å². The molecule has 0 saturated carbocycles. The normalized spacial score (nSPS) is 16.5. The van der Waals surface area contributed by atoms with Crippen molar-refractivity contribution < 1.29 is 19.3 Å². The molecule has 1 aliphatic heterocycles. The summed E-state index contributed by atoms with van der Waals surface area (Å²) in [6, 6.07) is 0.280. The van der Waals surface area contributed by atoms with E-state index in [0.717, 1.165) is 53.4 Å². The highest BCUT2D eigenvalue weighted by atomic mass is 32.2. The standard InChI is InChI=1S/C22H33N5O3S.C8H9F/c1-3-6-17(14-28)7-5-12-30-15-19(29)13-24-18(4-2)8-10-23-21-20-9-11-27-31-22(20)26-16-25-21;1-7-3-2-4-8(9)6-5-7/h3,5-7,11-12,16,18-19,24,28-29H,4,8-10,13-15H2,1-2H3,(H,23,25,26);3-6H,2H2,1H3/b6-3-,12-5+,17-7+;.